The maximum Gasteiger partial charge on any atom is 0.286 e. The summed E-state index contributed by atoms with van der Waals surface area (Å²) in [5.41, 5.74) is 6.37. The SMILES string of the molecule is N#CCO/N=C(\C(=O)N[C@@H]1C(=O)N2C(C(=O)[O-])=C(C[n+]3ccn4ccccc43)CS[C@H]12)c1nsc(N)n1. The highest BCUT2D eigenvalue weighted by Gasteiger charge is 2.53. The second-order valence-corrected chi connectivity index (χ2v) is 9.71. The molecular formula is C21H17N9O5S2. The molecule has 3 N–H and O–H groups in total. The lowest BCUT2D eigenvalue weighted by molar-refractivity contribution is -0.662. The molecule has 2 amide bonds. The van der Waals surface area contributed by atoms with Gasteiger partial charge in [0.05, 0.1) is 17.9 Å². The predicted octanol–water partition coefficient (Wildman–Crippen LogP) is -1.99. The van der Waals surface area contributed by atoms with E-state index in [-0.39, 0.29) is 28.9 Å². The number of imidazole rings is 1. The smallest absolute Gasteiger partial charge is 0.286 e. The maximum absolute atomic E-state index is 13.0. The Balaban J connectivity index is 1.36. The number of carbonyl (C=O) groups excluding carboxylic acids is 3. The minimum Gasteiger partial charge on any atom is -0.543 e. The molecule has 3 aromatic rings. The van der Waals surface area contributed by atoms with Gasteiger partial charge in [0.1, 0.15) is 36.4 Å². The number of pyridine rings is 1. The Morgan fingerprint density at radius 3 is 2.97 bits per heavy atom. The summed E-state index contributed by atoms with van der Waals surface area (Å²) in [7, 11) is 0. The molecule has 0 unspecified atom stereocenters. The lowest BCUT2D eigenvalue weighted by Gasteiger charge is -2.50. The molecule has 37 heavy (non-hydrogen) atoms. The second kappa shape index (κ2) is 9.87. The van der Waals surface area contributed by atoms with Crippen LogP contribution in [-0.2, 0) is 25.8 Å². The van der Waals surface area contributed by atoms with Gasteiger partial charge < -0.3 is 25.8 Å². The monoisotopic (exact) mass is 539 g/mol. The number of oxime groups is 1. The van der Waals surface area contributed by atoms with Gasteiger partial charge in [-0.25, -0.2) is 8.97 Å². The van der Waals surface area contributed by atoms with Gasteiger partial charge in [-0.15, -0.1) is 11.8 Å². The Kier molecular flexibility index (Phi) is 6.46. The van der Waals surface area contributed by atoms with Crippen LogP contribution in [0.1, 0.15) is 5.82 Å². The van der Waals surface area contributed by atoms with E-state index in [1.165, 1.54) is 11.8 Å². The average Bonchev–Trinajstić information content (AvgIpc) is 3.50. The summed E-state index contributed by atoms with van der Waals surface area (Å²) in [5, 5.41) is 26.3. The van der Waals surface area contributed by atoms with Crippen molar-refractivity contribution in [3.05, 3.63) is 53.9 Å². The Labute approximate surface area is 216 Å². The maximum atomic E-state index is 13.0. The van der Waals surface area contributed by atoms with Crippen molar-refractivity contribution in [3.63, 3.8) is 0 Å². The third kappa shape index (κ3) is 4.45. The first-order chi connectivity index (χ1) is 17.9. The van der Waals surface area contributed by atoms with Crippen molar-refractivity contribution in [2.75, 3.05) is 18.1 Å². The fourth-order valence-electron chi connectivity index (χ4n) is 4.03. The number of rotatable bonds is 8. The molecule has 5 rings (SSSR count). The number of aliphatic carboxylic acids is 1. The van der Waals surface area contributed by atoms with Crippen molar-refractivity contribution in [2.45, 2.75) is 18.0 Å². The van der Waals surface area contributed by atoms with E-state index in [1.54, 1.807) is 6.07 Å². The van der Waals surface area contributed by atoms with Gasteiger partial charge in [0.15, 0.2) is 5.13 Å². The fourth-order valence-corrected chi connectivity index (χ4v) is 5.80. The number of nitrogens with zero attached hydrogens (tertiary/aromatic N) is 7. The van der Waals surface area contributed by atoms with Crippen molar-refractivity contribution in [1.82, 2.24) is 24.0 Å². The van der Waals surface area contributed by atoms with Gasteiger partial charge in [-0.1, -0.05) is 11.2 Å². The van der Waals surface area contributed by atoms with Crippen LogP contribution in [0, 0.1) is 11.3 Å². The lowest BCUT2D eigenvalue weighted by atomic mass is 10.0. The van der Waals surface area contributed by atoms with Gasteiger partial charge in [0, 0.05) is 28.9 Å². The summed E-state index contributed by atoms with van der Waals surface area (Å²) in [5.74, 6) is -2.76. The lowest BCUT2D eigenvalue weighted by Crippen LogP contribution is -2.71. The number of nitrogens with two attached hydrogens (primary N) is 1. The van der Waals surface area contributed by atoms with Crippen LogP contribution >= 0.6 is 23.3 Å². The summed E-state index contributed by atoms with van der Waals surface area (Å²) in [6.07, 6.45) is 5.54. The van der Waals surface area contributed by atoms with Crippen LogP contribution in [0.3, 0.4) is 0 Å². The third-order valence-electron chi connectivity index (χ3n) is 5.61. The molecule has 1 saturated heterocycles. The number of carboxylic acid groups (broad SMARTS) is 1. The number of hydrogen-bond acceptors (Lipinski definition) is 12. The Morgan fingerprint density at radius 2 is 2.24 bits per heavy atom. The first-order valence-electron chi connectivity index (χ1n) is 10.7. The molecular weight excluding hydrogens is 522 g/mol. The number of β-lactam (4-membered cyclic amide) rings is 1. The van der Waals surface area contributed by atoms with Gasteiger partial charge in [-0.3, -0.25) is 14.5 Å². The van der Waals surface area contributed by atoms with Crippen LogP contribution < -0.4 is 20.7 Å². The largest absolute Gasteiger partial charge is 0.543 e. The van der Waals surface area contributed by atoms with E-state index in [4.69, 9.17) is 15.8 Å². The number of fused-ring (bicyclic) bond motifs is 2. The normalized spacial score (nSPS) is 19.3. The highest BCUT2D eigenvalue weighted by atomic mass is 32.2. The molecule has 0 aromatic carbocycles. The number of hydrogen-bond donors (Lipinski definition) is 2. The Hall–Kier alpha value is -4.49. The molecule has 188 valence electrons. The summed E-state index contributed by atoms with van der Waals surface area (Å²) in [6.45, 7) is -0.183. The standard InChI is InChI=1S/C21H17N9O5S2/c22-4-8-35-26-13(16-25-21(23)37-27-16)17(31)24-14-18(32)30-15(20(33)34)11(10-36-19(14)30)9-29-7-6-28-5-2-1-3-12(28)29/h1-3,5-7,14,19H,8-10H2,(H3-,23,24,25,27,31,33,34)/b26-13-/t14-,19-/m1/s1. The highest BCUT2D eigenvalue weighted by molar-refractivity contribution is 8.00. The van der Waals surface area contributed by atoms with E-state index in [0.717, 1.165) is 22.1 Å². The number of anilines is 1. The van der Waals surface area contributed by atoms with Gasteiger partial charge in [0.25, 0.3) is 17.5 Å². The van der Waals surface area contributed by atoms with Crippen molar-refractivity contribution in [3.8, 4) is 6.07 Å². The highest BCUT2D eigenvalue weighted by Crippen LogP contribution is 2.40. The number of nitriles is 1. The van der Waals surface area contributed by atoms with Crippen LogP contribution in [0.15, 0.2) is 53.2 Å². The zero-order valence-electron chi connectivity index (χ0n) is 18.8. The summed E-state index contributed by atoms with van der Waals surface area (Å²) in [4.78, 5) is 47.9. The molecule has 0 radical (unpaired) electrons. The van der Waals surface area contributed by atoms with Crippen molar-refractivity contribution in [1.29, 1.82) is 5.26 Å². The van der Waals surface area contributed by atoms with Crippen LogP contribution in [-0.4, -0.2) is 65.9 Å². The molecule has 2 aliphatic heterocycles. The molecule has 1 fully saturated rings. The first kappa shape index (κ1) is 24.2. The molecule has 0 bridgehead atoms. The number of nitrogens with one attached hydrogen (secondary N) is 1. The number of carbonyl (C=O) groups is 3. The number of nitrogen functional groups attached to an aromatic ring is 1. The molecule has 14 nitrogen and oxygen atoms in total. The summed E-state index contributed by atoms with van der Waals surface area (Å²) >= 11 is 2.14. The fraction of sp³-hybridized carbons (Fsp3) is 0.238. The predicted molar refractivity (Wildman–Crippen MR) is 127 cm³/mol. The summed E-state index contributed by atoms with van der Waals surface area (Å²) < 4.78 is 7.69. The number of aromatic nitrogens is 4. The van der Waals surface area contributed by atoms with Crippen LogP contribution in [0.2, 0.25) is 0 Å². The van der Waals surface area contributed by atoms with Gasteiger partial charge >= 0.3 is 0 Å². The van der Waals surface area contributed by atoms with E-state index in [9.17, 15) is 19.5 Å². The van der Waals surface area contributed by atoms with Crippen LogP contribution in [0.25, 0.3) is 5.65 Å². The molecule has 0 saturated carbocycles. The number of amides is 2. The van der Waals surface area contributed by atoms with Gasteiger partial charge in [0.2, 0.25) is 18.1 Å². The van der Waals surface area contributed by atoms with Crippen LogP contribution in [0.5, 0.6) is 0 Å². The first-order valence-corrected chi connectivity index (χ1v) is 12.5. The molecule has 2 atom stereocenters. The third-order valence-corrected chi connectivity index (χ3v) is 7.49. The van der Waals surface area contributed by atoms with E-state index in [2.05, 4.69) is 19.8 Å². The molecule has 3 aromatic heterocycles. The van der Waals surface area contributed by atoms with Crippen LogP contribution in [0.4, 0.5) is 5.13 Å². The number of carboxylic acids is 1. The zero-order valence-corrected chi connectivity index (χ0v) is 20.4. The molecule has 2 aliphatic rings. The van der Waals surface area contributed by atoms with Gasteiger partial charge in [-0.2, -0.15) is 14.6 Å². The van der Waals surface area contributed by atoms with E-state index in [1.807, 2.05) is 45.8 Å². The molecule has 0 aliphatic carbocycles. The Morgan fingerprint density at radius 1 is 1.41 bits per heavy atom. The van der Waals surface area contributed by atoms with E-state index < -0.39 is 35.8 Å². The zero-order chi connectivity index (χ0) is 26.1. The molecule has 16 heteroatoms. The van der Waals surface area contributed by atoms with Crippen molar-refractivity contribution in [2.24, 2.45) is 5.16 Å². The average molecular weight is 540 g/mol. The molecule has 5 heterocycles. The minimum atomic E-state index is -1.48. The quantitative estimate of drug-likeness (QED) is 0.106. The number of thioether (sulfide) groups is 1. The van der Waals surface area contributed by atoms with E-state index in [0.29, 0.717) is 11.3 Å². The summed E-state index contributed by atoms with van der Waals surface area (Å²) in [6, 6.07) is 6.32. The van der Waals surface area contributed by atoms with Crippen molar-refractivity contribution >= 4 is 57.6 Å². The van der Waals surface area contributed by atoms with Gasteiger partial charge in [-0.05, 0) is 6.07 Å². The van der Waals surface area contributed by atoms with E-state index >= 15 is 0 Å². The Bertz CT molecular complexity index is 1520. The topological polar surface area (TPSA) is 195 Å². The minimum absolute atomic E-state index is 0.0784. The molecule has 0 spiro atoms. The second-order valence-electron chi connectivity index (χ2n) is 7.82. The van der Waals surface area contributed by atoms with Crippen molar-refractivity contribution < 1.29 is 28.9 Å².